The van der Waals surface area contributed by atoms with Crippen molar-refractivity contribution in [2.75, 3.05) is 17.6 Å². The lowest BCUT2D eigenvalue weighted by Crippen LogP contribution is -2.47. The Morgan fingerprint density at radius 1 is 1.00 bits per heavy atom. The number of nitrogens with zero attached hydrogens (tertiary/aromatic N) is 2. The molecule has 244 valence electrons. The van der Waals surface area contributed by atoms with Gasteiger partial charge in [0.1, 0.15) is 17.1 Å². The molecule has 10 nitrogen and oxygen atoms in total. The molecule has 2 atom stereocenters. The van der Waals surface area contributed by atoms with E-state index in [-0.39, 0.29) is 17.0 Å². The first-order valence-corrected chi connectivity index (χ1v) is 16.5. The van der Waals surface area contributed by atoms with Crippen molar-refractivity contribution in [2.24, 2.45) is 0 Å². The second kappa shape index (κ2) is 13.3. The topological polar surface area (TPSA) is 131 Å². The first-order valence-electron chi connectivity index (χ1n) is 14.6. The molecule has 2 amide bonds. The second-order valence-electron chi connectivity index (χ2n) is 12.4. The molecule has 0 aliphatic carbocycles. The average molecular weight is 651 g/mol. The Morgan fingerprint density at radius 3 is 2.26 bits per heavy atom. The van der Waals surface area contributed by atoms with Gasteiger partial charge in [0.15, 0.2) is 5.76 Å². The van der Waals surface area contributed by atoms with E-state index in [1.54, 1.807) is 65.0 Å². The summed E-state index contributed by atoms with van der Waals surface area (Å²) in [5, 5.41) is 10.1. The van der Waals surface area contributed by atoms with Gasteiger partial charge in [0.25, 0.3) is 5.91 Å². The number of nitrogens with one attached hydrogen (secondary N) is 2. The predicted molar refractivity (Wildman–Crippen MR) is 174 cm³/mol. The van der Waals surface area contributed by atoms with E-state index < -0.39 is 45.0 Å². The number of benzene rings is 3. The maximum absolute atomic E-state index is 13.4. The van der Waals surface area contributed by atoms with Gasteiger partial charge in [0.2, 0.25) is 10.0 Å². The van der Waals surface area contributed by atoms with Gasteiger partial charge in [-0.15, -0.1) is 0 Å². The van der Waals surface area contributed by atoms with Crippen LogP contribution in [-0.4, -0.2) is 44.5 Å². The quantitative estimate of drug-likeness (QED) is 0.205. The van der Waals surface area contributed by atoms with Gasteiger partial charge in [-0.3, -0.25) is 9.10 Å². The number of aromatic nitrogens is 1. The number of hydrogen-bond acceptors (Lipinski definition) is 7. The zero-order chi connectivity index (χ0) is 33.9. The van der Waals surface area contributed by atoms with E-state index >= 15 is 0 Å². The molecule has 1 aromatic heterocycles. The van der Waals surface area contributed by atoms with Gasteiger partial charge < -0.3 is 19.9 Å². The van der Waals surface area contributed by atoms with Crippen molar-refractivity contribution in [1.82, 2.24) is 15.8 Å². The molecule has 1 heterocycles. The third-order valence-corrected chi connectivity index (χ3v) is 8.50. The standard InChI is InChI=1S/C34H39FN4O6S/c1-22(24-13-15-27(35)16-14-24)36-31(40)26-17-25(18-28(19-26)39(6)46(7,42)43)29-20-30(38-45-29)34(5,21-23-11-9-8-10-12-23)37-32(41)44-33(2,3)4/h8-20,22H,21H2,1-7H3,(H,36,40)(H,37,41)/t22-,34-/m1/s1. The molecule has 4 aromatic rings. The van der Waals surface area contributed by atoms with Crippen LogP contribution in [0.15, 0.2) is 83.4 Å². The van der Waals surface area contributed by atoms with Gasteiger partial charge in [-0.2, -0.15) is 0 Å². The number of alkyl carbamates (subject to hydrolysis) is 1. The fourth-order valence-electron chi connectivity index (χ4n) is 4.78. The van der Waals surface area contributed by atoms with E-state index in [0.29, 0.717) is 23.2 Å². The molecule has 0 aliphatic heterocycles. The summed E-state index contributed by atoms with van der Waals surface area (Å²) in [6.45, 7) is 8.86. The zero-order valence-electron chi connectivity index (χ0n) is 26.9. The number of hydrogen-bond donors (Lipinski definition) is 2. The molecule has 4 rings (SSSR count). The molecule has 3 aromatic carbocycles. The fraction of sp³-hybridized carbons (Fsp3) is 0.324. The smallest absolute Gasteiger partial charge is 0.408 e. The van der Waals surface area contributed by atoms with E-state index in [9.17, 15) is 22.4 Å². The summed E-state index contributed by atoms with van der Waals surface area (Å²) in [6.07, 6.45) is 0.770. The maximum Gasteiger partial charge on any atom is 0.408 e. The Labute approximate surface area is 269 Å². The number of halogens is 1. The van der Waals surface area contributed by atoms with Gasteiger partial charge in [-0.25, -0.2) is 17.6 Å². The van der Waals surface area contributed by atoms with Crippen LogP contribution in [0.25, 0.3) is 11.3 Å². The molecular weight excluding hydrogens is 611 g/mol. The van der Waals surface area contributed by atoms with Crippen LogP contribution in [-0.2, 0) is 26.7 Å². The second-order valence-corrected chi connectivity index (χ2v) is 14.5. The van der Waals surface area contributed by atoms with Crippen molar-refractivity contribution in [3.63, 3.8) is 0 Å². The lowest BCUT2D eigenvalue weighted by molar-refractivity contribution is 0.0456. The molecule has 0 unspecified atom stereocenters. The minimum Gasteiger partial charge on any atom is -0.444 e. The predicted octanol–water partition coefficient (Wildman–Crippen LogP) is 6.35. The largest absolute Gasteiger partial charge is 0.444 e. The molecule has 0 spiro atoms. The van der Waals surface area contributed by atoms with Crippen molar-refractivity contribution in [3.05, 3.63) is 107 Å². The van der Waals surface area contributed by atoms with Crippen LogP contribution >= 0.6 is 0 Å². The highest BCUT2D eigenvalue weighted by molar-refractivity contribution is 7.92. The minimum absolute atomic E-state index is 0.161. The van der Waals surface area contributed by atoms with Crippen LogP contribution in [0.2, 0.25) is 0 Å². The summed E-state index contributed by atoms with van der Waals surface area (Å²) in [7, 11) is -2.31. The highest BCUT2D eigenvalue weighted by Crippen LogP contribution is 2.33. The van der Waals surface area contributed by atoms with E-state index in [2.05, 4.69) is 15.8 Å². The number of carbonyl (C=O) groups excluding carboxylic acids is 2. The average Bonchev–Trinajstić information content (AvgIpc) is 3.47. The summed E-state index contributed by atoms with van der Waals surface area (Å²) in [4.78, 5) is 26.4. The SMILES string of the molecule is C[C@@H](NC(=O)c1cc(-c2cc([C@@](C)(Cc3ccccc3)NC(=O)OC(C)(C)C)no2)cc(N(C)S(C)(=O)=O)c1)c1ccc(F)cc1. The first kappa shape index (κ1) is 34.2. The fourth-order valence-corrected chi connectivity index (χ4v) is 5.26. The Hall–Kier alpha value is -4.71. The van der Waals surface area contributed by atoms with E-state index in [0.717, 1.165) is 16.1 Å². The van der Waals surface area contributed by atoms with E-state index in [1.807, 2.05) is 30.3 Å². The molecule has 0 saturated heterocycles. The summed E-state index contributed by atoms with van der Waals surface area (Å²) in [6, 6.07) is 21.1. The molecule has 0 bridgehead atoms. The van der Waals surface area contributed by atoms with Crippen LogP contribution in [0.4, 0.5) is 14.9 Å². The maximum atomic E-state index is 13.4. The molecule has 2 N–H and O–H groups in total. The summed E-state index contributed by atoms with van der Waals surface area (Å²) in [5.41, 5.74) is 0.957. The van der Waals surface area contributed by atoms with Gasteiger partial charge in [-0.1, -0.05) is 47.6 Å². The summed E-state index contributed by atoms with van der Waals surface area (Å²) >= 11 is 0. The van der Waals surface area contributed by atoms with Crippen LogP contribution in [0.1, 0.15) is 67.8 Å². The molecule has 0 fully saturated rings. The van der Waals surface area contributed by atoms with Crippen molar-refractivity contribution in [3.8, 4) is 11.3 Å². The van der Waals surface area contributed by atoms with Gasteiger partial charge in [-0.05, 0) is 76.1 Å². The summed E-state index contributed by atoms with van der Waals surface area (Å²) in [5.74, 6) is -0.636. The molecule has 46 heavy (non-hydrogen) atoms. The third-order valence-electron chi connectivity index (χ3n) is 7.30. The molecule has 0 radical (unpaired) electrons. The Kier molecular flexibility index (Phi) is 9.91. The first-order chi connectivity index (χ1) is 21.4. The number of anilines is 1. The highest BCUT2D eigenvalue weighted by atomic mass is 32.2. The lowest BCUT2D eigenvalue weighted by Gasteiger charge is -2.30. The number of carbonyl (C=O) groups is 2. The minimum atomic E-state index is -3.69. The van der Waals surface area contributed by atoms with Crippen LogP contribution in [0.3, 0.4) is 0 Å². The number of amides is 2. The Balaban J connectivity index is 1.73. The van der Waals surface area contributed by atoms with Crippen molar-refractivity contribution >= 4 is 27.7 Å². The number of sulfonamides is 1. The molecule has 0 aliphatic rings. The Morgan fingerprint density at radius 2 is 1.65 bits per heavy atom. The highest BCUT2D eigenvalue weighted by Gasteiger charge is 2.35. The van der Waals surface area contributed by atoms with Crippen LogP contribution in [0, 0.1) is 5.82 Å². The van der Waals surface area contributed by atoms with E-state index in [1.165, 1.54) is 25.2 Å². The van der Waals surface area contributed by atoms with Gasteiger partial charge >= 0.3 is 6.09 Å². The lowest BCUT2D eigenvalue weighted by atomic mass is 9.89. The van der Waals surface area contributed by atoms with Crippen LogP contribution in [0.5, 0.6) is 0 Å². The molecule has 12 heteroatoms. The number of rotatable bonds is 10. The number of ether oxygens (including phenoxy) is 1. The molecular formula is C34H39FN4O6S. The van der Waals surface area contributed by atoms with E-state index in [4.69, 9.17) is 9.26 Å². The molecule has 0 saturated carbocycles. The third kappa shape index (κ3) is 8.72. The zero-order valence-corrected chi connectivity index (χ0v) is 27.7. The summed E-state index contributed by atoms with van der Waals surface area (Å²) < 4.78 is 50.7. The van der Waals surface area contributed by atoms with Crippen molar-refractivity contribution in [1.29, 1.82) is 0 Å². The van der Waals surface area contributed by atoms with Gasteiger partial charge in [0.05, 0.1) is 23.5 Å². The van der Waals surface area contributed by atoms with Crippen LogP contribution < -0.4 is 14.9 Å². The van der Waals surface area contributed by atoms with Gasteiger partial charge in [0, 0.05) is 30.7 Å². The monoisotopic (exact) mass is 650 g/mol. The van der Waals surface area contributed by atoms with Crippen molar-refractivity contribution < 1.29 is 31.7 Å². The Bertz CT molecular complexity index is 1800. The normalized spacial score (nSPS) is 13.7. The van der Waals surface area contributed by atoms with Crippen molar-refractivity contribution in [2.45, 2.75) is 58.2 Å².